The summed E-state index contributed by atoms with van der Waals surface area (Å²) in [5.74, 6) is 0. The fourth-order valence-corrected chi connectivity index (χ4v) is 3.31. The topological polar surface area (TPSA) is 42.1 Å². The maximum atomic E-state index is 5.73. The highest BCUT2D eigenvalue weighted by Gasteiger charge is 2.23. The van der Waals surface area contributed by atoms with Gasteiger partial charge in [-0.05, 0) is 37.9 Å². The van der Waals surface area contributed by atoms with E-state index in [1.165, 1.54) is 36.8 Å². The Balaban J connectivity index is 1.99. The average molecular weight is 269 g/mol. The Hall–Kier alpha value is -1.61. The first kappa shape index (κ1) is 13.4. The Kier molecular flexibility index (Phi) is 4.16. The Morgan fingerprint density at radius 1 is 1.15 bits per heavy atom. The van der Waals surface area contributed by atoms with Gasteiger partial charge in [0.05, 0.1) is 5.52 Å². The number of hydrogen-bond acceptors (Lipinski definition) is 3. The van der Waals surface area contributed by atoms with Crippen molar-refractivity contribution in [3.8, 4) is 0 Å². The quantitative estimate of drug-likeness (QED) is 0.905. The van der Waals surface area contributed by atoms with Crippen LogP contribution in [0.3, 0.4) is 0 Å². The summed E-state index contributed by atoms with van der Waals surface area (Å²) in [5, 5.41) is 1.26. The number of nitrogens with zero attached hydrogens (tertiary/aromatic N) is 2. The van der Waals surface area contributed by atoms with Gasteiger partial charge in [0.25, 0.3) is 0 Å². The van der Waals surface area contributed by atoms with E-state index < -0.39 is 0 Å². The SMILES string of the molecule is NCCCN(c1ccnc2ccccc12)C1CCCC1. The zero-order chi connectivity index (χ0) is 13.8. The van der Waals surface area contributed by atoms with Gasteiger partial charge >= 0.3 is 0 Å². The fraction of sp³-hybridized carbons (Fsp3) is 0.471. The van der Waals surface area contributed by atoms with E-state index >= 15 is 0 Å². The molecule has 3 heteroatoms. The van der Waals surface area contributed by atoms with Crippen molar-refractivity contribution in [1.82, 2.24) is 4.98 Å². The van der Waals surface area contributed by atoms with E-state index in [9.17, 15) is 0 Å². The van der Waals surface area contributed by atoms with Crippen LogP contribution in [0.4, 0.5) is 5.69 Å². The molecule has 3 nitrogen and oxygen atoms in total. The van der Waals surface area contributed by atoms with Gasteiger partial charge in [-0.15, -0.1) is 0 Å². The molecule has 1 aliphatic rings. The smallest absolute Gasteiger partial charge is 0.0722 e. The molecule has 0 radical (unpaired) electrons. The van der Waals surface area contributed by atoms with Crippen molar-refractivity contribution < 1.29 is 0 Å². The second-order valence-corrected chi connectivity index (χ2v) is 5.62. The van der Waals surface area contributed by atoms with Crippen molar-refractivity contribution >= 4 is 16.6 Å². The minimum atomic E-state index is 0.673. The molecule has 2 N–H and O–H groups in total. The lowest BCUT2D eigenvalue weighted by molar-refractivity contribution is 0.595. The second kappa shape index (κ2) is 6.23. The van der Waals surface area contributed by atoms with Crippen molar-refractivity contribution in [3.05, 3.63) is 36.5 Å². The van der Waals surface area contributed by atoms with Crippen LogP contribution in [0, 0.1) is 0 Å². The summed E-state index contributed by atoms with van der Waals surface area (Å²) in [7, 11) is 0. The van der Waals surface area contributed by atoms with E-state index in [1.54, 1.807) is 0 Å². The van der Waals surface area contributed by atoms with Crippen LogP contribution in [0.2, 0.25) is 0 Å². The van der Waals surface area contributed by atoms with Gasteiger partial charge < -0.3 is 10.6 Å². The van der Waals surface area contributed by atoms with E-state index in [-0.39, 0.29) is 0 Å². The number of anilines is 1. The lowest BCUT2D eigenvalue weighted by Gasteiger charge is -2.32. The normalized spacial score (nSPS) is 15.8. The van der Waals surface area contributed by atoms with Gasteiger partial charge in [0.2, 0.25) is 0 Å². The number of para-hydroxylation sites is 1. The molecule has 1 saturated carbocycles. The molecule has 20 heavy (non-hydrogen) atoms. The molecule has 2 aromatic rings. The molecule has 1 aromatic heterocycles. The van der Waals surface area contributed by atoms with Crippen molar-refractivity contribution in [1.29, 1.82) is 0 Å². The van der Waals surface area contributed by atoms with Gasteiger partial charge in [0.1, 0.15) is 0 Å². The van der Waals surface area contributed by atoms with E-state index in [0.717, 1.165) is 25.0 Å². The van der Waals surface area contributed by atoms with Crippen molar-refractivity contribution in [2.75, 3.05) is 18.0 Å². The zero-order valence-corrected chi connectivity index (χ0v) is 12.0. The highest BCUT2D eigenvalue weighted by Crippen LogP contribution is 2.32. The molecule has 1 aliphatic carbocycles. The third-order valence-corrected chi connectivity index (χ3v) is 4.30. The molecule has 0 bridgehead atoms. The molecule has 1 fully saturated rings. The van der Waals surface area contributed by atoms with Crippen molar-refractivity contribution in [2.45, 2.75) is 38.1 Å². The predicted molar refractivity (Wildman–Crippen MR) is 85.0 cm³/mol. The number of benzene rings is 1. The van der Waals surface area contributed by atoms with Gasteiger partial charge in [0.15, 0.2) is 0 Å². The highest BCUT2D eigenvalue weighted by molar-refractivity contribution is 5.91. The number of pyridine rings is 1. The van der Waals surface area contributed by atoms with Crippen molar-refractivity contribution in [3.63, 3.8) is 0 Å². The summed E-state index contributed by atoms with van der Waals surface area (Å²) in [6.07, 6.45) is 8.30. The van der Waals surface area contributed by atoms with Gasteiger partial charge in [-0.3, -0.25) is 4.98 Å². The third kappa shape index (κ3) is 2.63. The number of nitrogens with two attached hydrogens (primary N) is 1. The van der Waals surface area contributed by atoms with Crippen molar-refractivity contribution in [2.24, 2.45) is 5.73 Å². The third-order valence-electron chi connectivity index (χ3n) is 4.30. The van der Waals surface area contributed by atoms with Gasteiger partial charge in [-0.2, -0.15) is 0 Å². The number of rotatable bonds is 5. The number of hydrogen-bond donors (Lipinski definition) is 1. The van der Waals surface area contributed by atoms with Crippen LogP contribution in [0.15, 0.2) is 36.5 Å². The Labute approximate surface area is 120 Å². The average Bonchev–Trinajstić information content (AvgIpc) is 3.02. The summed E-state index contributed by atoms with van der Waals surface area (Å²) in [5.41, 5.74) is 8.14. The van der Waals surface area contributed by atoms with Gasteiger partial charge in [-0.25, -0.2) is 0 Å². The van der Waals surface area contributed by atoms with Crippen LogP contribution in [-0.2, 0) is 0 Å². The van der Waals surface area contributed by atoms with Crippen LogP contribution >= 0.6 is 0 Å². The lowest BCUT2D eigenvalue weighted by atomic mass is 10.1. The number of fused-ring (bicyclic) bond motifs is 1. The van der Waals surface area contributed by atoms with Gasteiger partial charge in [-0.1, -0.05) is 31.0 Å². The van der Waals surface area contributed by atoms with Crippen LogP contribution in [0.5, 0.6) is 0 Å². The predicted octanol–water partition coefficient (Wildman–Crippen LogP) is 3.33. The minimum Gasteiger partial charge on any atom is -0.368 e. The fourth-order valence-electron chi connectivity index (χ4n) is 3.31. The minimum absolute atomic E-state index is 0.673. The molecule has 106 valence electrons. The summed E-state index contributed by atoms with van der Waals surface area (Å²) in [6.45, 7) is 1.81. The Morgan fingerprint density at radius 3 is 2.75 bits per heavy atom. The molecule has 0 saturated heterocycles. The van der Waals surface area contributed by atoms with Crippen LogP contribution in [0.25, 0.3) is 10.9 Å². The molecule has 3 rings (SSSR count). The Bertz CT molecular complexity index is 556. The maximum absolute atomic E-state index is 5.73. The van der Waals surface area contributed by atoms with E-state index in [0.29, 0.717) is 6.04 Å². The van der Waals surface area contributed by atoms with Crippen LogP contribution in [-0.4, -0.2) is 24.1 Å². The first-order valence-electron chi connectivity index (χ1n) is 7.70. The zero-order valence-electron chi connectivity index (χ0n) is 12.0. The standard InChI is InChI=1S/C17H23N3/c18-11-5-13-20(14-6-1-2-7-14)17-10-12-19-16-9-4-3-8-15(16)17/h3-4,8-10,12,14H,1-2,5-7,11,13,18H2. The molecule has 1 aromatic carbocycles. The van der Waals surface area contributed by atoms with Crippen LogP contribution in [0.1, 0.15) is 32.1 Å². The van der Waals surface area contributed by atoms with E-state index in [2.05, 4.69) is 40.2 Å². The number of aromatic nitrogens is 1. The summed E-state index contributed by atoms with van der Waals surface area (Å²) >= 11 is 0. The summed E-state index contributed by atoms with van der Waals surface area (Å²) < 4.78 is 0. The molecule has 1 heterocycles. The second-order valence-electron chi connectivity index (χ2n) is 5.62. The molecular formula is C17H23N3. The molecule has 0 spiro atoms. The summed E-state index contributed by atoms with van der Waals surface area (Å²) in [6, 6.07) is 11.3. The van der Waals surface area contributed by atoms with Crippen LogP contribution < -0.4 is 10.6 Å². The highest BCUT2D eigenvalue weighted by atomic mass is 15.2. The molecule has 0 atom stereocenters. The summed E-state index contributed by atoms with van der Waals surface area (Å²) in [4.78, 5) is 7.05. The largest absolute Gasteiger partial charge is 0.368 e. The monoisotopic (exact) mass is 269 g/mol. The molecular weight excluding hydrogens is 246 g/mol. The maximum Gasteiger partial charge on any atom is 0.0722 e. The van der Waals surface area contributed by atoms with E-state index in [4.69, 9.17) is 5.73 Å². The van der Waals surface area contributed by atoms with E-state index in [1.807, 2.05) is 6.20 Å². The lowest BCUT2D eigenvalue weighted by Crippen LogP contribution is -2.35. The molecule has 0 aliphatic heterocycles. The Morgan fingerprint density at radius 2 is 1.95 bits per heavy atom. The molecule has 0 amide bonds. The first-order valence-corrected chi connectivity index (χ1v) is 7.70. The first-order chi connectivity index (χ1) is 9.90. The molecule has 0 unspecified atom stereocenters. The van der Waals surface area contributed by atoms with Gasteiger partial charge in [0, 0.05) is 29.9 Å².